The van der Waals surface area contributed by atoms with Crippen LogP contribution in [0.25, 0.3) is 16.9 Å². The molecule has 0 saturated carbocycles. The largest absolute Gasteiger partial charge is 0.221 e. The molecule has 18 heavy (non-hydrogen) atoms. The lowest BCUT2D eigenvalue weighted by molar-refractivity contribution is 0.782. The minimum absolute atomic E-state index is 0.413. The smallest absolute Gasteiger partial charge is 0.161 e. The molecule has 0 N–H and O–H groups in total. The summed E-state index contributed by atoms with van der Waals surface area (Å²) < 4.78 is 1.67. The number of hydrogen-bond acceptors (Lipinski definition) is 4. The van der Waals surface area contributed by atoms with Crippen LogP contribution in [0.2, 0.25) is 5.15 Å². The summed E-state index contributed by atoms with van der Waals surface area (Å²) in [6.45, 7) is 1.98. The Bertz CT molecular complexity index is 707. The third-order valence-electron chi connectivity index (χ3n) is 2.61. The molecule has 0 unspecified atom stereocenters. The SMILES string of the molecule is CCc1nc(Cl)cc(-n2nnc3ccccc32)n1. The molecule has 0 aliphatic carbocycles. The van der Waals surface area contributed by atoms with Gasteiger partial charge in [0.15, 0.2) is 5.82 Å². The molecule has 0 aliphatic heterocycles. The summed E-state index contributed by atoms with van der Waals surface area (Å²) in [5.41, 5.74) is 1.72. The van der Waals surface area contributed by atoms with Gasteiger partial charge in [0.1, 0.15) is 16.5 Å². The Kier molecular flexibility index (Phi) is 2.68. The van der Waals surface area contributed by atoms with Crippen molar-refractivity contribution in [1.82, 2.24) is 25.0 Å². The molecule has 2 heterocycles. The molecule has 0 atom stereocenters. The second-order valence-electron chi connectivity index (χ2n) is 3.81. The Balaban J connectivity index is 2.22. The zero-order valence-electron chi connectivity index (χ0n) is 9.71. The minimum Gasteiger partial charge on any atom is -0.221 e. The molecular formula is C12H10ClN5. The van der Waals surface area contributed by atoms with Gasteiger partial charge in [0.05, 0.1) is 5.52 Å². The Hall–Kier alpha value is -2.01. The molecule has 90 valence electrons. The summed E-state index contributed by atoms with van der Waals surface area (Å²) in [4.78, 5) is 8.54. The molecule has 2 aromatic heterocycles. The van der Waals surface area contributed by atoms with Crippen molar-refractivity contribution < 1.29 is 0 Å². The first-order chi connectivity index (χ1) is 8.78. The van der Waals surface area contributed by atoms with Gasteiger partial charge in [-0.05, 0) is 12.1 Å². The quantitative estimate of drug-likeness (QED) is 0.663. The second kappa shape index (κ2) is 4.34. The molecule has 0 spiro atoms. The zero-order valence-corrected chi connectivity index (χ0v) is 10.5. The van der Waals surface area contributed by atoms with E-state index in [1.165, 1.54) is 0 Å². The minimum atomic E-state index is 0.413. The van der Waals surface area contributed by atoms with Gasteiger partial charge in [0, 0.05) is 12.5 Å². The Labute approximate surface area is 108 Å². The van der Waals surface area contributed by atoms with Crippen molar-refractivity contribution in [3.05, 3.63) is 41.3 Å². The molecular weight excluding hydrogens is 250 g/mol. The van der Waals surface area contributed by atoms with Gasteiger partial charge in [-0.3, -0.25) is 0 Å². The molecule has 3 rings (SSSR count). The number of benzene rings is 1. The molecule has 0 saturated heterocycles. The first-order valence-corrected chi connectivity index (χ1v) is 6.00. The van der Waals surface area contributed by atoms with Crippen molar-refractivity contribution in [2.75, 3.05) is 0 Å². The molecule has 0 aliphatic rings. The van der Waals surface area contributed by atoms with Crippen molar-refractivity contribution in [2.24, 2.45) is 0 Å². The summed E-state index contributed by atoms with van der Waals surface area (Å²) in [5, 5.41) is 8.60. The highest BCUT2D eigenvalue weighted by Crippen LogP contribution is 2.16. The maximum Gasteiger partial charge on any atom is 0.161 e. The van der Waals surface area contributed by atoms with Gasteiger partial charge in [-0.1, -0.05) is 35.9 Å². The van der Waals surface area contributed by atoms with E-state index in [1.807, 2.05) is 31.2 Å². The van der Waals surface area contributed by atoms with E-state index in [4.69, 9.17) is 11.6 Å². The van der Waals surface area contributed by atoms with E-state index in [2.05, 4.69) is 20.3 Å². The van der Waals surface area contributed by atoms with Gasteiger partial charge in [0.25, 0.3) is 0 Å². The number of aromatic nitrogens is 5. The van der Waals surface area contributed by atoms with Crippen LogP contribution in [-0.2, 0) is 6.42 Å². The monoisotopic (exact) mass is 259 g/mol. The van der Waals surface area contributed by atoms with Crippen molar-refractivity contribution in [3.63, 3.8) is 0 Å². The lowest BCUT2D eigenvalue weighted by atomic mass is 10.3. The van der Waals surface area contributed by atoms with E-state index < -0.39 is 0 Å². The van der Waals surface area contributed by atoms with Gasteiger partial charge in [-0.15, -0.1) is 5.10 Å². The molecule has 1 aromatic carbocycles. The number of hydrogen-bond donors (Lipinski definition) is 0. The van der Waals surface area contributed by atoms with Gasteiger partial charge in [0.2, 0.25) is 0 Å². The van der Waals surface area contributed by atoms with E-state index in [9.17, 15) is 0 Å². The number of aryl methyl sites for hydroxylation is 1. The number of para-hydroxylation sites is 1. The van der Waals surface area contributed by atoms with Crippen LogP contribution in [0.15, 0.2) is 30.3 Å². The van der Waals surface area contributed by atoms with E-state index in [1.54, 1.807) is 10.7 Å². The summed E-state index contributed by atoms with van der Waals surface area (Å²) >= 11 is 5.98. The maximum atomic E-state index is 5.98. The van der Waals surface area contributed by atoms with Gasteiger partial charge >= 0.3 is 0 Å². The van der Waals surface area contributed by atoms with Crippen molar-refractivity contribution in [2.45, 2.75) is 13.3 Å². The average molecular weight is 260 g/mol. The maximum absolute atomic E-state index is 5.98. The van der Waals surface area contributed by atoms with Crippen LogP contribution >= 0.6 is 11.6 Å². The highest BCUT2D eigenvalue weighted by Gasteiger charge is 2.09. The van der Waals surface area contributed by atoms with Gasteiger partial charge < -0.3 is 0 Å². The average Bonchev–Trinajstić information content (AvgIpc) is 2.81. The zero-order chi connectivity index (χ0) is 12.5. The molecule has 0 radical (unpaired) electrons. The second-order valence-corrected chi connectivity index (χ2v) is 4.20. The first-order valence-electron chi connectivity index (χ1n) is 5.62. The molecule has 0 fully saturated rings. The fourth-order valence-electron chi connectivity index (χ4n) is 1.76. The predicted molar refractivity (Wildman–Crippen MR) is 68.8 cm³/mol. The van der Waals surface area contributed by atoms with Crippen LogP contribution in [-0.4, -0.2) is 25.0 Å². The Morgan fingerprint density at radius 3 is 2.89 bits per heavy atom. The molecule has 6 heteroatoms. The highest BCUT2D eigenvalue weighted by molar-refractivity contribution is 6.29. The number of halogens is 1. The number of fused-ring (bicyclic) bond motifs is 1. The van der Waals surface area contributed by atoms with Crippen LogP contribution < -0.4 is 0 Å². The van der Waals surface area contributed by atoms with Crippen molar-refractivity contribution >= 4 is 22.6 Å². The third-order valence-corrected chi connectivity index (χ3v) is 2.81. The summed E-state index contributed by atoms with van der Waals surface area (Å²) in [7, 11) is 0. The lowest BCUT2D eigenvalue weighted by Crippen LogP contribution is -2.04. The topological polar surface area (TPSA) is 56.5 Å². The predicted octanol–water partition coefficient (Wildman–Crippen LogP) is 2.43. The van der Waals surface area contributed by atoms with Crippen LogP contribution in [0.4, 0.5) is 0 Å². The fourth-order valence-corrected chi connectivity index (χ4v) is 1.95. The van der Waals surface area contributed by atoms with Crippen LogP contribution in [0.1, 0.15) is 12.7 Å². The van der Waals surface area contributed by atoms with Gasteiger partial charge in [-0.25, -0.2) is 9.97 Å². The summed E-state index contributed by atoms with van der Waals surface area (Å²) in [6.07, 6.45) is 0.722. The summed E-state index contributed by atoms with van der Waals surface area (Å²) in [6, 6.07) is 9.39. The van der Waals surface area contributed by atoms with Crippen LogP contribution in [0.3, 0.4) is 0 Å². The Morgan fingerprint density at radius 1 is 1.22 bits per heavy atom. The fraction of sp³-hybridized carbons (Fsp3) is 0.167. The van der Waals surface area contributed by atoms with Crippen LogP contribution in [0, 0.1) is 0 Å². The molecule has 5 nitrogen and oxygen atoms in total. The van der Waals surface area contributed by atoms with Crippen molar-refractivity contribution in [3.8, 4) is 5.82 Å². The standard InChI is InChI=1S/C12H10ClN5/c1-2-11-14-10(13)7-12(15-11)18-9-6-4-3-5-8(9)16-17-18/h3-7H,2H2,1H3. The van der Waals surface area contributed by atoms with Crippen LogP contribution in [0.5, 0.6) is 0 Å². The van der Waals surface area contributed by atoms with Gasteiger partial charge in [-0.2, -0.15) is 4.68 Å². The lowest BCUT2D eigenvalue weighted by Gasteiger charge is -2.03. The van der Waals surface area contributed by atoms with E-state index >= 15 is 0 Å². The first kappa shape index (κ1) is 11.1. The third kappa shape index (κ3) is 1.82. The Morgan fingerprint density at radius 2 is 2.06 bits per heavy atom. The highest BCUT2D eigenvalue weighted by atomic mass is 35.5. The molecule has 0 amide bonds. The van der Waals surface area contributed by atoms with E-state index in [0.717, 1.165) is 17.5 Å². The molecule has 0 bridgehead atoms. The molecule has 3 aromatic rings. The summed E-state index contributed by atoms with van der Waals surface area (Å²) in [5.74, 6) is 1.33. The van der Waals surface area contributed by atoms with E-state index in [-0.39, 0.29) is 0 Å². The normalized spacial score (nSPS) is 11.0. The van der Waals surface area contributed by atoms with E-state index in [0.29, 0.717) is 16.8 Å². The number of nitrogens with zero attached hydrogens (tertiary/aromatic N) is 5. The number of rotatable bonds is 2. The van der Waals surface area contributed by atoms with Crippen molar-refractivity contribution in [1.29, 1.82) is 0 Å².